The summed E-state index contributed by atoms with van der Waals surface area (Å²) in [5, 5.41) is 3.01. The van der Waals surface area contributed by atoms with Crippen molar-refractivity contribution in [1.29, 1.82) is 0 Å². The maximum absolute atomic E-state index is 12.2. The van der Waals surface area contributed by atoms with E-state index in [1.54, 1.807) is 10.6 Å². The molecule has 104 valence electrons. The SMILES string of the molecule is Cn1cc(Br)cc1C(=O)NC1C(N)C2CCCOC21. The summed E-state index contributed by atoms with van der Waals surface area (Å²) < 4.78 is 8.41. The second-order valence-corrected chi connectivity index (χ2v) is 6.29. The van der Waals surface area contributed by atoms with E-state index < -0.39 is 0 Å². The first-order valence-electron chi connectivity index (χ1n) is 6.58. The highest BCUT2D eigenvalue weighted by Gasteiger charge is 2.51. The second kappa shape index (κ2) is 4.92. The molecule has 3 N–H and O–H groups in total. The largest absolute Gasteiger partial charge is 0.376 e. The maximum Gasteiger partial charge on any atom is 0.268 e. The summed E-state index contributed by atoms with van der Waals surface area (Å²) in [6.45, 7) is 0.774. The number of hydrogen-bond donors (Lipinski definition) is 2. The molecule has 1 saturated carbocycles. The third kappa shape index (κ3) is 2.22. The summed E-state index contributed by atoms with van der Waals surface area (Å²) in [6, 6.07) is 1.75. The van der Waals surface area contributed by atoms with E-state index in [1.807, 2.05) is 13.2 Å². The first kappa shape index (κ1) is 13.1. The van der Waals surface area contributed by atoms with Crippen LogP contribution in [0.15, 0.2) is 16.7 Å². The number of ether oxygens (including phenoxy) is 1. The molecule has 19 heavy (non-hydrogen) atoms. The molecule has 1 amide bonds. The van der Waals surface area contributed by atoms with Gasteiger partial charge in [-0.2, -0.15) is 0 Å². The van der Waals surface area contributed by atoms with Gasteiger partial charge in [0, 0.05) is 36.3 Å². The van der Waals surface area contributed by atoms with Gasteiger partial charge in [-0.3, -0.25) is 4.79 Å². The van der Waals surface area contributed by atoms with Crippen LogP contribution in [0.1, 0.15) is 23.3 Å². The minimum absolute atomic E-state index is 0.0120. The lowest BCUT2D eigenvalue weighted by Gasteiger charge is -2.52. The van der Waals surface area contributed by atoms with E-state index in [2.05, 4.69) is 21.2 Å². The van der Waals surface area contributed by atoms with Crippen LogP contribution in [0.25, 0.3) is 0 Å². The van der Waals surface area contributed by atoms with Crippen molar-refractivity contribution in [2.45, 2.75) is 31.0 Å². The van der Waals surface area contributed by atoms with Crippen molar-refractivity contribution in [2.24, 2.45) is 18.7 Å². The Balaban J connectivity index is 1.68. The van der Waals surface area contributed by atoms with Crippen LogP contribution in [0.5, 0.6) is 0 Å². The normalized spacial score (nSPS) is 33.4. The summed E-state index contributed by atoms with van der Waals surface area (Å²) in [4.78, 5) is 12.2. The number of halogens is 1. The van der Waals surface area contributed by atoms with Crippen LogP contribution in [0.4, 0.5) is 0 Å². The molecular weight excluding hydrogens is 310 g/mol. The molecule has 2 fully saturated rings. The van der Waals surface area contributed by atoms with E-state index >= 15 is 0 Å². The Kier molecular flexibility index (Phi) is 3.41. The fraction of sp³-hybridized carbons (Fsp3) is 0.615. The van der Waals surface area contributed by atoms with E-state index in [1.165, 1.54) is 0 Å². The van der Waals surface area contributed by atoms with Crippen LogP contribution in [0.2, 0.25) is 0 Å². The van der Waals surface area contributed by atoms with Crippen LogP contribution in [0.3, 0.4) is 0 Å². The molecule has 2 heterocycles. The van der Waals surface area contributed by atoms with Gasteiger partial charge in [0.05, 0.1) is 12.1 Å². The van der Waals surface area contributed by atoms with Crippen molar-refractivity contribution in [3.8, 4) is 0 Å². The Morgan fingerprint density at radius 3 is 3.11 bits per heavy atom. The summed E-state index contributed by atoms with van der Waals surface area (Å²) in [7, 11) is 1.85. The molecule has 1 aliphatic heterocycles. The topological polar surface area (TPSA) is 69.3 Å². The zero-order chi connectivity index (χ0) is 13.6. The Bertz CT molecular complexity index is 502. The number of carbonyl (C=O) groups excluding carboxylic acids is 1. The smallest absolute Gasteiger partial charge is 0.268 e. The van der Waals surface area contributed by atoms with Gasteiger partial charge in [0.2, 0.25) is 0 Å². The molecule has 3 rings (SSSR count). The standard InChI is InChI=1S/C13H18BrN3O2/c1-17-6-7(14)5-9(17)13(18)16-11-10(15)8-3-2-4-19-12(8)11/h5-6,8,10-12H,2-4,15H2,1H3,(H,16,18). The molecule has 0 radical (unpaired) electrons. The lowest BCUT2D eigenvalue weighted by molar-refractivity contribution is -0.117. The second-order valence-electron chi connectivity index (χ2n) is 5.37. The molecule has 1 aliphatic carbocycles. The highest BCUT2D eigenvalue weighted by molar-refractivity contribution is 9.10. The third-order valence-corrected chi connectivity index (χ3v) is 4.61. The lowest BCUT2D eigenvalue weighted by atomic mass is 9.68. The van der Waals surface area contributed by atoms with Crippen molar-refractivity contribution in [1.82, 2.24) is 9.88 Å². The number of nitrogens with zero attached hydrogens (tertiary/aromatic N) is 1. The molecule has 1 aromatic heterocycles. The van der Waals surface area contributed by atoms with E-state index in [-0.39, 0.29) is 24.1 Å². The highest BCUT2D eigenvalue weighted by atomic mass is 79.9. The average molecular weight is 328 g/mol. The summed E-state index contributed by atoms with van der Waals surface area (Å²) in [6.07, 6.45) is 4.13. The van der Waals surface area contributed by atoms with Crippen molar-refractivity contribution in [2.75, 3.05) is 6.61 Å². The third-order valence-electron chi connectivity index (χ3n) is 4.18. The van der Waals surface area contributed by atoms with Gasteiger partial charge in [0.25, 0.3) is 5.91 Å². The van der Waals surface area contributed by atoms with Crippen LogP contribution >= 0.6 is 15.9 Å². The Morgan fingerprint density at radius 1 is 1.63 bits per heavy atom. The predicted molar refractivity (Wildman–Crippen MR) is 74.8 cm³/mol. The maximum atomic E-state index is 12.2. The van der Waals surface area contributed by atoms with Crippen LogP contribution < -0.4 is 11.1 Å². The molecule has 0 aromatic carbocycles. The molecule has 5 nitrogen and oxygen atoms in total. The van der Waals surface area contributed by atoms with Gasteiger partial charge in [-0.05, 0) is 34.8 Å². The molecular formula is C13H18BrN3O2. The Labute approximate surface area is 120 Å². The first-order chi connectivity index (χ1) is 9.08. The van der Waals surface area contributed by atoms with E-state index in [0.717, 1.165) is 23.9 Å². The van der Waals surface area contributed by atoms with E-state index in [4.69, 9.17) is 10.5 Å². The van der Waals surface area contributed by atoms with Crippen molar-refractivity contribution in [3.05, 3.63) is 22.4 Å². The predicted octanol–water partition coefficient (Wildman–Crippen LogP) is 1.02. The van der Waals surface area contributed by atoms with Crippen LogP contribution in [-0.2, 0) is 11.8 Å². The lowest BCUT2D eigenvalue weighted by Crippen LogP contribution is -2.72. The fourth-order valence-corrected chi connectivity index (χ4v) is 3.63. The van der Waals surface area contributed by atoms with Gasteiger partial charge in [-0.1, -0.05) is 0 Å². The van der Waals surface area contributed by atoms with Gasteiger partial charge in [0.15, 0.2) is 0 Å². The number of nitrogens with two attached hydrogens (primary N) is 1. The summed E-state index contributed by atoms with van der Waals surface area (Å²) >= 11 is 3.37. The molecule has 4 unspecified atom stereocenters. The van der Waals surface area contributed by atoms with Gasteiger partial charge in [-0.25, -0.2) is 0 Å². The number of aromatic nitrogens is 1. The van der Waals surface area contributed by atoms with Crippen molar-refractivity contribution < 1.29 is 9.53 Å². The highest BCUT2D eigenvalue weighted by Crippen LogP contribution is 2.37. The van der Waals surface area contributed by atoms with E-state index in [9.17, 15) is 4.79 Å². The Morgan fingerprint density at radius 2 is 2.42 bits per heavy atom. The summed E-state index contributed by atoms with van der Waals surface area (Å²) in [5.74, 6) is 0.306. The quantitative estimate of drug-likeness (QED) is 0.852. The first-order valence-corrected chi connectivity index (χ1v) is 7.37. The number of hydrogen-bond acceptors (Lipinski definition) is 3. The molecule has 4 atom stereocenters. The number of amides is 1. The summed E-state index contributed by atoms with van der Waals surface area (Å²) in [5.41, 5.74) is 6.76. The van der Waals surface area contributed by atoms with Crippen molar-refractivity contribution >= 4 is 21.8 Å². The van der Waals surface area contributed by atoms with Crippen LogP contribution in [-0.4, -0.2) is 35.3 Å². The zero-order valence-electron chi connectivity index (χ0n) is 10.8. The number of carbonyl (C=O) groups is 1. The van der Waals surface area contributed by atoms with Crippen molar-refractivity contribution in [3.63, 3.8) is 0 Å². The average Bonchev–Trinajstić information content (AvgIpc) is 2.74. The molecule has 1 saturated heterocycles. The van der Waals surface area contributed by atoms with Gasteiger partial charge < -0.3 is 20.4 Å². The van der Waals surface area contributed by atoms with Gasteiger partial charge in [-0.15, -0.1) is 0 Å². The molecule has 6 heteroatoms. The van der Waals surface area contributed by atoms with Crippen LogP contribution in [0, 0.1) is 5.92 Å². The Hall–Kier alpha value is -0.850. The van der Waals surface area contributed by atoms with Gasteiger partial charge >= 0.3 is 0 Å². The molecule has 0 bridgehead atoms. The van der Waals surface area contributed by atoms with E-state index in [0.29, 0.717) is 11.6 Å². The number of nitrogens with one attached hydrogen (secondary N) is 1. The van der Waals surface area contributed by atoms with Gasteiger partial charge in [0.1, 0.15) is 5.69 Å². The number of aryl methyl sites for hydroxylation is 1. The number of rotatable bonds is 2. The zero-order valence-corrected chi connectivity index (χ0v) is 12.4. The molecule has 0 spiro atoms. The number of fused-ring (bicyclic) bond motifs is 1. The fourth-order valence-electron chi connectivity index (χ4n) is 3.10. The minimum Gasteiger partial charge on any atom is -0.376 e. The molecule has 1 aromatic rings. The molecule has 2 aliphatic rings. The minimum atomic E-state index is -0.0960. The monoisotopic (exact) mass is 327 g/mol.